The number of nitrogens with zero attached hydrogens (tertiary/aromatic N) is 1. The number of amides is 1. The number of guanidine groups is 1. The molecule has 0 aromatic carbocycles. The summed E-state index contributed by atoms with van der Waals surface area (Å²) in [6.45, 7) is 6.08. The van der Waals surface area contributed by atoms with Crippen molar-refractivity contribution in [2.75, 3.05) is 0 Å². The molecule has 1 amide bonds. The van der Waals surface area contributed by atoms with Crippen molar-refractivity contribution in [3.8, 4) is 0 Å². The first-order valence-electron chi connectivity index (χ1n) is 4.76. The third-order valence-electron chi connectivity index (χ3n) is 1.89. The molecule has 0 saturated heterocycles. The lowest BCUT2D eigenvalue weighted by molar-refractivity contribution is -0.120. The molecule has 0 aromatic rings. The summed E-state index contributed by atoms with van der Waals surface area (Å²) < 4.78 is 0. The molecule has 74 valence electrons. The summed E-state index contributed by atoms with van der Waals surface area (Å²) in [5.74, 6) is 0.683. The number of hydrogen-bond donors (Lipinski definition) is 2. The van der Waals surface area contributed by atoms with Crippen LogP contribution in [-0.4, -0.2) is 24.0 Å². The fourth-order valence-electron chi connectivity index (χ4n) is 1.24. The minimum atomic E-state index is 0.0602. The van der Waals surface area contributed by atoms with E-state index in [-0.39, 0.29) is 11.9 Å². The molecule has 4 nitrogen and oxygen atoms in total. The monoisotopic (exact) mass is 183 g/mol. The van der Waals surface area contributed by atoms with Gasteiger partial charge in [0, 0.05) is 12.5 Å². The maximum Gasteiger partial charge on any atom is 0.228 e. The summed E-state index contributed by atoms with van der Waals surface area (Å²) in [4.78, 5) is 15.6. The molecule has 2 N–H and O–H groups in total. The van der Waals surface area contributed by atoms with E-state index in [0.717, 1.165) is 6.42 Å². The van der Waals surface area contributed by atoms with Crippen molar-refractivity contribution in [1.82, 2.24) is 10.6 Å². The first kappa shape index (κ1) is 10.0. The second kappa shape index (κ2) is 4.25. The summed E-state index contributed by atoms with van der Waals surface area (Å²) in [7, 11) is 0. The van der Waals surface area contributed by atoms with Gasteiger partial charge in [-0.15, -0.1) is 0 Å². The van der Waals surface area contributed by atoms with Crippen molar-refractivity contribution >= 4 is 11.9 Å². The van der Waals surface area contributed by atoms with Crippen molar-refractivity contribution in [2.45, 2.75) is 45.7 Å². The molecular formula is C9H17N3O. The van der Waals surface area contributed by atoms with E-state index in [1.807, 2.05) is 20.8 Å². The third kappa shape index (κ3) is 3.05. The van der Waals surface area contributed by atoms with Gasteiger partial charge in [0.25, 0.3) is 0 Å². The van der Waals surface area contributed by atoms with Gasteiger partial charge in [-0.2, -0.15) is 0 Å². The summed E-state index contributed by atoms with van der Waals surface area (Å²) in [6.07, 6.45) is 1.43. The number of carbonyl (C=O) groups is 1. The maximum atomic E-state index is 11.2. The molecule has 0 aromatic heterocycles. The molecule has 1 aliphatic rings. The Kier molecular flexibility index (Phi) is 3.28. The van der Waals surface area contributed by atoms with Crippen LogP contribution in [0.4, 0.5) is 0 Å². The molecule has 0 bridgehead atoms. The standard InChI is InChI=1S/C9H17N3O/c1-4-7-5-8(13)12-9(11-7)10-6(2)3/h6-7H,4-5H2,1-3H3,(H2,10,11,12,13). The van der Waals surface area contributed by atoms with Gasteiger partial charge in [0.1, 0.15) is 0 Å². The molecule has 0 fully saturated rings. The molecule has 0 aliphatic carbocycles. The minimum absolute atomic E-state index is 0.0602. The van der Waals surface area contributed by atoms with Crippen LogP contribution in [0.2, 0.25) is 0 Å². The highest BCUT2D eigenvalue weighted by molar-refractivity contribution is 5.99. The number of rotatable bonds is 2. The Hall–Kier alpha value is -1.06. The van der Waals surface area contributed by atoms with Crippen LogP contribution in [0.3, 0.4) is 0 Å². The molecule has 0 radical (unpaired) electrons. The van der Waals surface area contributed by atoms with Gasteiger partial charge in [-0.1, -0.05) is 6.92 Å². The van der Waals surface area contributed by atoms with Crippen LogP contribution in [0.1, 0.15) is 33.6 Å². The van der Waals surface area contributed by atoms with E-state index in [2.05, 4.69) is 15.6 Å². The third-order valence-corrected chi connectivity index (χ3v) is 1.89. The summed E-state index contributed by atoms with van der Waals surface area (Å²) in [5.41, 5.74) is 0. The summed E-state index contributed by atoms with van der Waals surface area (Å²) in [6, 6.07) is 0.449. The molecular weight excluding hydrogens is 166 g/mol. The predicted octanol–water partition coefficient (Wildman–Crippen LogP) is 0.639. The van der Waals surface area contributed by atoms with Crippen molar-refractivity contribution in [3.63, 3.8) is 0 Å². The highest BCUT2D eigenvalue weighted by Gasteiger charge is 2.19. The zero-order chi connectivity index (χ0) is 9.84. The normalized spacial score (nSPS) is 22.6. The van der Waals surface area contributed by atoms with Crippen LogP contribution >= 0.6 is 0 Å². The quantitative estimate of drug-likeness (QED) is 0.660. The summed E-state index contributed by atoms with van der Waals surface area (Å²) in [5, 5.41) is 5.81. The van der Waals surface area contributed by atoms with Crippen molar-refractivity contribution in [1.29, 1.82) is 0 Å². The molecule has 13 heavy (non-hydrogen) atoms. The number of aliphatic imine (C=N–C) groups is 1. The van der Waals surface area contributed by atoms with E-state index < -0.39 is 0 Å². The van der Waals surface area contributed by atoms with Gasteiger partial charge in [0.15, 0.2) is 5.96 Å². The Balaban J connectivity index is 2.61. The molecule has 0 spiro atoms. The van der Waals surface area contributed by atoms with Gasteiger partial charge in [-0.05, 0) is 20.3 Å². The van der Waals surface area contributed by atoms with Gasteiger partial charge in [-0.3, -0.25) is 10.1 Å². The highest BCUT2D eigenvalue weighted by Crippen LogP contribution is 2.06. The number of carbonyl (C=O) groups excluding carboxylic acids is 1. The topological polar surface area (TPSA) is 53.5 Å². The Morgan fingerprint density at radius 2 is 2.38 bits per heavy atom. The van der Waals surface area contributed by atoms with Crippen LogP contribution in [0.5, 0.6) is 0 Å². The van der Waals surface area contributed by atoms with Gasteiger partial charge in [-0.25, -0.2) is 4.99 Å². The largest absolute Gasteiger partial charge is 0.354 e. The Morgan fingerprint density at radius 3 is 2.92 bits per heavy atom. The van der Waals surface area contributed by atoms with Crippen LogP contribution in [0.25, 0.3) is 0 Å². The second-order valence-corrected chi connectivity index (χ2v) is 3.59. The minimum Gasteiger partial charge on any atom is -0.354 e. The fourth-order valence-corrected chi connectivity index (χ4v) is 1.24. The highest BCUT2D eigenvalue weighted by atomic mass is 16.1. The van der Waals surface area contributed by atoms with Crippen molar-refractivity contribution < 1.29 is 4.79 Å². The molecule has 0 saturated carbocycles. The molecule has 1 unspecified atom stereocenters. The van der Waals surface area contributed by atoms with E-state index in [1.165, 1.54) is 0 Å². The fraction of sp³-hybridized carbons (Fsp3) is 0.778. The van der Waals surface area contributed by atoms with Crippen molar-refractivity contribution in [2.24, 2.45) is 4.99 Å². The zero-order valence-electron chi connectivity index (χ0n) is 8.42. The number of hydrogen-bond acceptors (Lipinski definition) is 3. The molecule has 1 rings (SSSR count). The predicted molar refractivity (Wildman–Crippen MR) is 52.5 cm³/mol. The van der Waals surface area contributed by atoms with Gasteiger partial charge in [0.2, 0.25) is 5.91 Å². The number of nitrogens with one attached hydrogen (secondary N) is 2. The Morgan fingerprint density at radius 1 is 1.69 bits per heavy atom. The van der Waals surface area contributed by atoms with Gasteiger partial charge >= 0.3 is 0 Å². The van der Waals surface area contributed by atoms with E-state index in [9.17, 15) is 4.79 Å². The average molecular weight is 183 g/mol. The van der Waals surface area contributed by atoms with Gasteiger partial charge in [0.05, 0.1) is 6.04 Å². The lowest BCUT2D eigenvalue weighted by Gasteiger charge is -2.21. The molecule has 4 heteroatoms. The molecule has 1 atom stereocenters. The first-order chi connectivity index (χ1) is 6.11. The van der Waals surface area contributed by atoms with Crippen LogP contribution in [-0.2, 0) is 4.79 Å². The SMILES string of the molecule is CCC1CC(=O)NC(NC(C)C)=N1. The van der Waals surface area contributed by atoms with Crippen LogP contribution in [0.15, 0.2) is 4.99 Å². The molecule has 1 aliphatic heterocycles. The lowest BCUT2D eigenvalue weighted by atomic mass is 10.1. The second-order valence-electron chi connectivity index (χ2n) is 3.59. The van der Waals surface area contributed by atoms with Crippen LogP contribution < -0.4 is 10.6 Å². The summed E-state index contributed by atoms with van der Waals surface area (Å²) >= 11 is 0. The zero-order valence-corrected chi connectivity index (χ0v) is 8.42. The Labute approximate surface area is 78.8 Å². The van der Waals surface area contributed by atoms with Gasteiger partial charge < -0.3 is 5.32 Å². The van der Waals surface area contributed by atoms with Crippen molar-refractivity contribution in [3.05, 3.63) is 0 Å². The van der Waals surface area contributed by atoms with E-state index in [4.69, 9.17) is 0 Å². The van der Waals surface area contributed by atoms with E-state index in [0.29, 0.717) is 18.4 Å². The van der Waals surface area contributed by atoms with E-state index in [1.54, 1.807) is 0 Å². The van der Waals surface area contributed by atoms with Crippen LogP contribution in [0, 0.1) is 0 Å². The smallest absolute Gasteiger partial charge is 0.228 e. The first-order valence-corrected chi connectivity index (χ1v) is 4.76. The lowest BCUT2D eigenvalue weighted by Crippen LogP contribution is -2.48. The maximum absolute atomic E-state index is 11.2. The van der Waals surface area contributed by atoms with E-state index >= 15 is 0 Å². The Bertz CT molecular complexity index is 223. The molecule has 1 heterocycles. The average Bonchev–Trinajstić information content (AvgIpc) is 2.01.